The maximum Gasteiger partial charge on any atom is 0.371 e. The Morgan fingerprint density at radius 2 is 1.81 bits per heavy atom. The molecule has 2 aliphatic rings. The number of nitrogens with zero attached hydrogens (tertiary/aromatic N) is 2. The average Bonchev–Trinajstić information content (AvgIpc) is 3.17. The molecule has 0 spiro atoms. The third-order valence-electron chi connectivity index (χ3n) is 4.39. The molecule has 0 bridgehead atoms. The summed E-state index contributed by atoms with van der Waals surface area (Å²) in [5, 5.41) is 8.83. The van der Waals surface area contributed by atoms with Crippen LogP contribution in [0.15, 0.2) is 16.5 Å². The fourth-order valence-corrected chi connectivity index (χ4v) is 3.23. The lowest BCUT2D eigenvalue weighted by Gasteiger charge is -2.32. The van der Waals surface area contributed by atoms with Gasteiger partial charge in [-0.25, -0.2) is 4.79 Å². The fourth-order valence-electron chi connectivity index (χ4n) is 3.23. The monoisotopic (exact) mass is 292 g/mol. The van der Waals surface area contributed by atoms with Crippen LogP contribution in [0.25, 0.3) is 0 Å². The van der Waals surface area contributed by atoms with E-state index in [4.69, 9.17) is 9.52 Å². The Morgan fingerprint density at radius 1 is 1.10 bits per heavy atom. The van der Waals surface area contributed by atoms with Crippen molar-refractivity contribution in [2.45, 2.75) is 31.7 Å². The molecule has 1 amide bonds. The first-order valence-corrected chi connectivity index (χ1v) is 7.51. The fraction of sp³-hybridized carbons (Fsp3) is 0.600. The van der Waals surface area contributed by atoms with Crippen molar-refractivity contribution >= 4 is 11.9 Å². The van der Waals surface area contributed by atoms with Crippen molar-refractivity contribution in [2.24, 2.45) is 0 Å². The van der Waals surface area contributed by atoms with Crippen molar-refractivity contribution < 1.29 is 19.1 Å². The predicted octanol–water partition coefficient (Wildman–Crippen LogP) is 1.68. The quantitative estimate of drug-likeness (QED) is 0.917. The molecular formula is C15H20N2O4. The van der Waals surface area contributed by atoms with E-state index in [0.29, 0.717) is 19.1 Å². The molecule has 3 rings (SSSR count). The summed E-state index contributed by atoms with van der Waals surface area (Å²) < 4.78 is 5.10. The lowest BCUT2D eigenvalue weighted by molar-refractivity contribution is 0.0652. The van der Waals surface area contributed by atoms with Gasteiger partial charge in [0, 0.05) is 19.1 Å². The highest BCUT2D eigenvalue weighted by atomic mass is 16.4. The van der Waals surface area contributed by atoms with E-state index in [1.54, 1.807) is 4.90 Å². The third-order valence-corrected chi connectivity index (χ3v) is 4.39. The van der Waals surface area contributed by atoms with E-state index >= 15 is 0 Å². The standard InChI is InChI=1S/C15H20N2O4/c18-14(12-4-5-13(21-12)15(19)20)17-9-6-11(10-17)16-7-2-1-3-8-16/h4-5,11H,1-3,6-10H2,(H,19,20). The van der Waals surface area contributed by atoms with Crippen LogP contribution in [0.4, 0.5) is 0 Å². The molecule has 2 fully saturated rings. The Balaban J connectivity index is 1.62. The van der Waals surface area contributed by atoms with Crippen molar-refractivity contribution in [3.63, 3.8) is 0 Å². The minimum absolute atomic E-state index is 0.117. The third kappa shape index (κ3) is 2.95. The Kier molecular flexibility index (Phi) is 3.96. The van der Waals surface area contributed by atoms with Gasteiger partial charge in [0.15, 0.2) is 5.76 Å². The predicted molar refractivity (Wildman–Crippen MR) is 75.4 cm³/mol. The molecule has 2 aliphatic heterocycles. The van der Waals surface area contributed by atoms with E-state index < -0.39 is 5.97 Å². The summed E-state index contributed by atoms with van der Waals surface area (Å²) in [7, 11) is 0. The van der Waals surface area contributed by atoms with E-state index in [0.717, 1.165) is 19.5 Å². The highest BCUT2D eigenvalue weighted by Crippen LogP contribution is 2.22. The van der Waals surface area contributed by atoms with Gasteiger partial charge in [0.1, 0.15) is 0 Å². The second kappa shape index (κ2) is 5.89. The number of carboxylic acid groups (broad SMARTS) is 1. The summed E-state index contributed by atoms with van der Waals surface area (Å²) in [4.78, 5) is 27.4. The maximum atomic E-state index is 12.3. The van der Waals surface area contributed by atoms with Crippen molar-refractivity contribution in [1.82, 2.24) is 9.80 Å². The minimum Gasteiger partial charge on any atom is -0.475 e. The van der Waals surface area contributed by atoms with Gasteiger partial charge in [0.25, 0.3) is 5.91 Å². The van der Waals surface area contributed by atoms with Gasteiger partial charge < -0.3 is 14.4 Å². The van der Waals surface area contributed by atoms with Gasteiger partial charge >= 0.3 is 5.97 Å². The molecule has 1 aromatic heterocycles. The number of carboxylic acids is 1. The Labute approximate surface area is 123 Å². The van der Waals surface area contributed by atoms with E-state index in [1.807, 2.05) is 0 Å². The number of furan rings is 1. The first-order chi connectivity index (χ1) is 10.1. The molecule has 0 radical (unpaired) electrons. The molecule has 3 heterocycles. The number of hydrogen-bond donors (Lipinski definition) is 1. The maximum absolute atomic E-state index is 12.3. The van der Waals surface area contributed by atoms with Crippen LogP contribution < -0.4 is 0 Å². The zero-order valence-corrected chi connectivity index (χ0v) is 12.0. The van der Waals surface area contributed by atoms with Gasteiger partial charge in [-0.1, -0.05) is 6.42 Å². The van der Waals surface area contributed by atoms with Gasteiger partial charge in [0.2, 0.25) is 5.76 Å². The second-order valence-electron chi connectivity index (χ2n) is 5.76. The van der Waals surface area contributed by atoms with Crippen molar-refractivity contribution in [1.29, 1.82) is 0 Å². The van der Waals surface area contributed by atoms with Crippen molar-refractivity contribution in [3.8, 4) is 0 Å². The smallest absolute Gasteiger partial charge is 0.371 e. The number of carbonyl (C=O) groups excluding carboxylic acids is 1. The normalized spacial score (nSPS) is 23.4. The Bertz CT molecular complexity index is 534. The van der Waals surface area contributed by atoms with Crippen LogP contribution >= 0.6 is 0 Å². The summed E-state index contributed by atoms with van der Waals surface area (Å²) in [5.74, 6) is -1.43. The van der Waals surface area contributed by atoms with Crippen LogP contribution in [-0.2, 0) is 0 Å². The molecule has 6 heteroatoms. The molecule has 1 atom stereocenters. The molecule has 2 saturated heterocycles. The van der Waals surface area contributed by atoms with Crippen LogP contribution in [0.2, 0.25) is 0 Å². The van der Waals surface area contributed by atoms with Gasteiger partial charge in [-0.05, 0) is 44.5 Å². The molecule has 21 heavy (non-hydrogen) atoms. The number of hydrogen-bond acceptors (Lipinski definition) is 4. The zero-order valence-electron chi connectivity index (χ0n) is 12.0. The van der Waals surface area contributed by atoms with E-state index in [9.17, 15) is 9.59 Å². The Hall–Kier alpha value is -1.82. The Morgan fingerprint density at radius 3 is 2.48 bits per heavy atom. The molecule has 1 aromatic rings. The summed E-state index contributed by atoms with van der Waals surface area (Å²) in [6.07, 6.45) is 4.77. The molecule has 0 aliphatic carbocycles. The number of carbonyl (C=O) groups is 2. The highest BCUT2D eigenvalue weighted by Gasteiger charge is 2.32. The van der Waals surface area contributed by atoms with Gasteiger partial charge in [0.05, 0.1) is 0 Å². The SMILES string of the molecule is O=C(O)c1ccc(C(=O)N2CCC(N3CCCCC3)C2)o1. The molecule has 114 valence electrons. The molecule has 0 aromatic carbocycles. The molecule has 6 nitrogen and oxygen atoms in total. The molecule has 0 saturated carbocycles. The number of aromatic carboxylic acids is 1. The van der Waals surface area contributed by atoms with Gasteiger partial charge in [-0.2, -0.15) is 0 Å². The van der Waals surface area contributed by atoms with E-state index in [-0.39, 0.29) is 17.4 Å². The number of amides is 1. The summed E-state index contributed by atoms with van der Waals surface area (Å²) in [6, 6.07) is 3.21. The molecule has 1 N–H and O–H groups in total. The molecular weight excluding hydrogens is 272 g/mol. The van der Waals surface area contributed by atoms with E-state index in [2.05, 4.69) is 4.90 Å². The van der Waals surface area contributed by atoms with Crippen LogP contribution in [0, 0.1) is 0 Å². The summed E-state index contributed by atoms with van der Waals surface area (Å²) in [6.45, 7) is 3.66. The van der Waals surface area contributed by atoms with Crippen LogP contribution in [-0.4, -0.2) is 59.0 Å². The number of piperidine rings is 1. The van der Waals surface area contributed by atoms with Crippen LogP contribution in [0.3, 0.4) is 0 Å². The van der Waals surface area contributed by atoms with Crippen molar-refractivity contribution in [2.75, 3.05) is 26.2 Å². The van der Waals surface area contributed by atoms with Crippen LogP contribution in [0.1, 0.15) is 46.8 Å². The lowest BCUT2D eigenvalue weighted by Crippen LogP contribution is -2.41. The average molecular weight is 292 g/mol. The summed E-state index contributed by atoms with van der Waals surface area (Å²) in [5.41, 5.74) is 0. The first kappa shape index (κ1) is 14.1. The van der Waals surface area contributed by atoms with Gasteiger partial charge in [-0.15, -0.1) is 0 Å². The topological polar surface area (TPSA) is 74.0 Å². The molecule has 1 unspecified atom stereocenters. The zero-order chi connectivity index (χ0) is 14.8. The van der Waals surface area contributed by atoms with Crippen molar-refractivity contribution in [3.05, 3.63) is 23.7 Å². The van der Waals surface area contributed by atoms with Gasteiger partial charge in [-0.3, -0.25) is 9.69 Å². The van der Waals surface area contributed by atoms with Crippen LogP contribution in [0.5, 0.6) is 0 Å². The second-order valence-corrected chi connectivity index (χ2v) is 5.76. The minimum atomic E-state index is -1.15. The first-order valence-electron chi connectivity index (χ1n) is 7.51. The van der Waals surface area contributed by atoms with E-state index in [1.165, 1.54) is 31.4 Å². The number of rotatable bonds is 3. The largest absolute Gasteiger partial charge is 0.475 e. The number of likely N-dealkylation sites (tertiary alicyclic amines) is 2. The summed E-state index contributed by atoms with van der Waals surface area (Å²) >= 11 is 0. The highest BCUT2D eigenvalue weighted by molar-refractivity contribution is 5.93. The lowest BCUT2D eigenvalue weighted by atomic mass is 10.1.